The van der Waals surface area contributed by atoms with Gasteiger partial charge in [-0.15, -0.1) is 0 Å². The van der Waals surface area contributed by atoms with Crippen LogP contribution in [0, 0.1) is 6.92 Å². The molecule has 3 unspecified atom stereocenters. The highest BCUT2D eigenvalue weighted by molar-refractivity contribution is 5.84. The molecule has 0 bridgehead atoms. The number of amides is 1. The van der Waals surface area contributed by atoms with Crippen LogP contribution in [-0.2, 0) is 4.79 Å². The molecule has 104 valence electrons. The largest absolute Gasteiger partial charge is 0.388 e. The van der Waals surface area contributed by atoms with Crippen molar-refractivity contribution >= 4 is 5.91 Å². The minimum absolute atomic E-state index is 0.184. The molecule has 5 nitrogen and oxygen atoms in total. The molecule has 20 heavy (non-hydrogen) atoms. The Balaban J connectivity index is 2.00. The van der Waals surface area contributed by atoms with Crippen molar-refractivity contribution < 1.29 is 9.90 Å². The van der Waals surface area contributed by atoms with Crippen LogP contribution in [-0.4, -0.2) is 32.9 Å². The van der Waals surface area contributed by atoms with E-state index >= 15 is 0 Å². The van der Waals surface area contributed by atoms with Crippen molar-refractivity contribution in [3.63, 3.8) is 0 Å². The van der Waals surface area contributed by atoms with Crippen molar-refractivity contribution in [1.29, 1.82) is 0 Å². The molecule has 0 saturated carbocycles. The van der Waals surface area contributed by atoms with E-state index < -0.39 is 12.1 Å². The molecule has 1 aromatic heterocycles. The number of aryl methyl sites for hydroxylation is 1. The minimum atomic E-state index is -0.760. The number of benzene rings is 1. The molecule has 2 N–H and O–H groups in total. The van der Waals surface area contributed by atoms with Gasteiger partial charge in [0.2, 0.25) is 5.91 Å². The highest BCUT2D eigenvalue weighted by Gasteiger charge is 2.41. The maximum atomic E-state index is 12.0. The Hall–Kier alpha value is -2.14. The normalized spacial score (nSPS) is 25.8. The summed E-state index contributed by atoms with van der Waals surface area (Å²) in [5.41, 5.74) is 2.66. The molecule has 5 heteroatoms. The fourth-order valence-corrected chi connectivity index (χ4v) is 2.60. The van der Waals surface area contributed by atoms with Crippen molar-refractivity contribution in [2.75, 3.05) is 0 Å². The van der Waals surface area contributed by atoms with Crippen LogP contribution in [0.2, 0.25) is 0 Å². The van der Waals surface area contributed by atoms with E-state index in [4.69, 9.17) is 0 Å². The molecule has 1 aromatic carbocycles. The number of nitrogens with one attached hydrogen (secondary N) is 1. The van der Waals surface area contributed by atoms with Crippen molar-refractivity contribution in [1.82, 2.24) is 15.1 Å². The summed E-state index contributed by atoms with van der Waals surface area (Å²) in [6.07, 6.45) is -0.760. The summed E-state index contributed by atoms with van der Waals surface area (Å²) in [5.74, 6) is -0.184. The lowest BCUT2D eigenvalue weighted by Crippen LogP contribution is -2.29. The van der Waals surface area contributed by atoms with Gasteiger partial charge in [0.25, 0.3) is 0 Å². The molecule has 1 fully saturated rings. The molecule has 1 aliphatic heterocycles. The standard InChI is InChI=1S/C15H17N3O2/c1-9-8-12(11-6-4-3-5-7-11)17-18(9)13-14(19)10(2)16-15(13)20/h3-8,10,13-14,19H,1-2H3,(H,16,20). The summed E-state index contributed by atoms with van der Waals surface area (Å²) in [7, 11) is 0. The van der Waals surface area contributed by atoms with E-state index in [0.29, 0.717) is 0 Å². The van der Waals surface area contributed by atoms with Gasteiger partial charge in [-0.2, -0.15) is 5.10 Å². The molecule has 3 atom stereocenters. The molecule has 3 rings (SSSR count). The Labute approximate surface area is 117 Å². The number of aliphatic hydroxyl groups is 1. The number of carbonyl (C=O) groups is 1. The number of hydrogen-bond donors (Lipinski definition) is 2. The molecule has 1 amide bonds. The first-order valence-corrected chi connectivity index (χ1v) is 6.68. The van der Waals surface area contributed by atoms with Gasteiger partial charge in [0.15, 0.2) is 6.04 Å². The van der Waals surface area contributed by atoms with E-state index in [-0.39, 0.29) is 11.9 Å². The van der Waals surface area contributed by atoms with Gasteiger partial charge in [0.05, 0.1) is 11.7 Å². The van der Waals surface area contributed by atoms with Crippen LogP contribution in [0.3, 0.4) is 0 Å². The third kappa shape index (κ3) is 2.00. The van der Waals surface area contributed by atoms with Gasteiger partial charge in [0, 0.05) is 11.3 Å². The Kier molecular flexibility index (Phi) is 3.06. The quantitative estimate of drug-likeness (QED) is 0.864. The van der Waals surface area contributed by atoms with Gasteiger partial charge in [-0.25, -0.2) is 0 Å². The van der Waals surface area contributed by atoms with Crippen molar-refractivity contribution in [3.05, 3.63) is 42.1 Å². The smallest absolute Gasteiger partial charge is 0.247 e. The van der Waals surface area contributed by atoms with Gasteiger partial charge in [-0.3, -0.25) is 9.48 Å². The molecule has 0 aliphatic carbocycles. The van der Waals surface area contributed by atoms with Crippen molar-refractivity contribution in [3.8, 4) is 11.3 Å². The predicted octanol–water partition coefficient (Wildman–Crippen LogP) is 1.28. The van der Waals surface area contributed by atoms with E-state index in [1.165, 1.54) is 0 Å². The second-order valence-electron chi connectivity index (χ2n) is 5.21. The van der Waals surface area contributed by atoms with E-state index in [1.807, 2.05) is 43.3 Å². The Morgan fingerprint density at radius 2 is 2.00 bits per heavy atom. The van der Waals surface area contributed by atoms with Crippen LogP contribution in [0.5, 0.6) is 0 Å². The van der Waals surface area contributed by atoms with Crippen LogP contribution in [0.4, 0.5) is 0 Å². The molecule has 1 saturated heterocycles. The summed E-state index contributed by atoms with van der Waals surface area (Å²) in [4.78, 5) is 12.0. The third-order valence-electron chi connectivity index (χ3n) is 3.73. The SMILES string of the molecule is Cc1cc(-c2ccccc2)nn1C1C(=O)NC(C)C1O. The second-order valence-corrected chi connectivity index (χ2v) is 5.21. The van der Waals surface area contributed by atoms with Gasteiger partial charge in [-0.1, -0.05) is 30.3 Å². The van der Waals surface area contributed by atoms with Crippen LogP contribution in [0.15, 0.2) is 36.4 Å². The van der Waals surface area contributed by atoms with Gasteiger partial charge >= 0.3 is 0 Å². The minimum Gasteiger partial charge on any atom is -0.388 e. The predicted molar refractivity (Wildman–Crippen MR) is 75.0 cm³/mol. The number of rotatable bonds is 2. The van der Waals surface area contributed by atoms with Crippen LogP contribution < -0.4 is 5.32 Å². The maximum absolute atomic E-state index is 12.0. The number of aromatic nitrogens is 2. The van der Waals surface area contributed by atoms with E-state index in [9.17, 15) is 9.90 Å². The molecule has 2 heterocycles. The third-order valence-corrected chi connectivity index (χ3v) is 3.73. The maximum Gasteiger partial charge on any atom is 0.247 e. The first-order valence-electron chi connectivity index (χ1n) is 6.68. The highest BCUT2D eigenvalue weighted by atomic mass is 16.3. The van der Waals surface area contributed by atoms with Crippen molar-refractivity contribution in [2.45, 2.75) is 32.0 Å². The van der Waals surface area contributed by atoms with E-state index in [2.05, 4.69) is 10.4 Å². The van der Waals surface area contributed by atoms with Gasteiger partial charge < -0.3 is 10.4 Å². The van der Waals surface area contributed by atoms with Crippen LogP contribution in [0.1, 0.15) is 18.7 Å². The summed E-state index contributed by atoms with van der Waals surface area (Å²) < 4.78 is 1.62. The highest BCUT2D eigenvalue weighted by Crippen LogP contribution is 2.26. The zero-order valence-corrected chi connectivity index (χ0v) is 11.4. The zero-order valence-electron chi connectivity index (χ0n) is 11.4. The first kappa shape index (κ1) is 12.9. The van der Waals surface area contributed by atoms with Crippen molar-refractivity contribution in [2.24, 2.45) is 0 Å². The molecular formula is C15H17N3O2. The molecule has 0 spiro atoms. The Morgan fingerprint density at radius 1 is 1.30 bits per heavy atom. The van der Waals surface area contributed by atoms with Crippen LogP contribution >= 0.6 is 0 Å². The fraction of sp³-hybridized carbons (Fsp3) is 0.333. The molecule has 1 aliphatic rings. The number of carbonyl (C=O) groups excluding carboxylic acids is 1. The Morgan fingerprint density at radius 3 is 2.60 bits per heavy atom. The molecule has 2 aromatic rings. The summed E-state index contributed by atoms with van der Waals surface area (Å²) >= 11 is 0. The second kappa shape index (κ2) is 4.76. The van der Waals surface area contributed by atoms with E-state index in [0.717, 1.165) is 17.0 Å². The zero-order chi connectivity index (χ0) is 14.3. The van der Waals surface area contributed by atoms with Gasteiger partial charge in [-0.05, 0) is 19.9 Å². The van der Waals surface area contributed by atoms with E-state index in [1.54, 1.807) is 11.6 Å². The number of nitrogens with zero attached hydrogens (tertiary/aromatic N) is 2. The number of hydrogen-bond acceptors (Lipinski definition) is 3. The average molecular weight is 271 g/mol. The molecular weight excluding hydrogens is 254 g/mol. The lowest BCUT2D eigenvalue weighted by molar-refractivity contribution is -0.123. The monoisotopic (exact) mass is 271 g/mol. The summed E-state index contributed by atoms with van der Waals surface area (Å²) in [5, 5.41) is 17.4. The lowest BCUT2D eigenvalue weighted by Gasteiger charge is -2.15. The lowest BCUT2D eigenvalue weighted by atomic mass is 10.1. The first-order chi connectivity index (χ1) is 9.58. The van der Waals surface area contributed by atoms with Crippen LogP contribution in [0.25, 0.3) is 11.3 Å². The Bertz CT molecular complexity index is 636. The fourth-order valence-electron chi connectivity index (χ4n) is 2.60. The average Bonchev–Trinajstić information content (AvgIpc) is 2.92. The molecule has 0 radical (unpaired) electrons. The number of aliphatic hydroxyl groups excluding tert-OH is 1. The van der Waals surface area contributed by atoms with Gasteiger partial charge in [0.1, 0.15) is 6.10 Å². The summed E-state index contributed by atoms with van der Waals surface area (Å²) in [6, 6.07) is 10.8. The summed E-state index contributed by atoms with van der Waals surface area (Å²) in [6.45, 7) is 3.68. The topological polar surface area (TPSA) is 67.2 Å².